The molecule has 1 fully saturated rings. The molecule has 0 aromatic carbocycles. The lowest BCUT2D eigenvalue weighted by Gasteiger charge is -2.18. The molecule has 1 aliphatic heterocycles. The number of pyridine rings is 1. The Morgan fingerprint density at radius 2 is 2.27 bits per heavy atom. The summed E-state index contributed by atoms with van der Waals surface area (Å²) in [7, 11) is 0. The smallest absolute Gasteiger partial charge is 0.228 e. The van der Waals surface area contributed by atoms with Crippen molar-refractivity contribution in [2.24, 2.45) is 0 Å². The molecule has 110 valence electrons. The Morgan fingerprint density at radius 1 is 1.41 bits per heavy atom. The van der Waals surface area contributed by atoms with E-state index in [1.807, 2.05) is 6.07 Å². The van der Waals surface area contributed by atoms with Gasteiger partial charge in [0.15, 0.2) is 11.6 Å². The average Bonchev–Trinajstić information content (AvgIpc) is 2.94. The molecule has 1 amide bonds. The van der Waals surface area contributed by atoms with Gasteiger partial charge in [-0.3, -0.25) is 9.69 Å². The maximum Gasteiger partial charge on any atom is 0.228 e. The third-order valence-electron chi connectivity index (χ3n) is 3.25. The topological polar surface area (TPSA) is 94.8 Å². The van der Waals surface area contributed by atoms with Crippen molar-refractivity contribution < 1.29 is 4.79 Å². The van der Waals surface area contributed by atoms with Crippen molar-refractivity contribution in [1.29, 1.82) is 5.26 Å². The molecule has 3 rings (SSSR count). The third-order valence-corrected chi connectivity index (χ3v) is 3.43. The summed E-state index contributed by atoms with van der Waals surface area (Å²) in [4.78, 5) is 25.6. The Bertz CT molecular complexity index is 772. The summed E-state index contributed by atoms with van der Waals surface area (Å²) < 4.78 is 0. The zero-order chi connectivity index (χ0) is 15.5. The Balaban J connectivity index is 1.98. The second-order valence-electron chi connectivity index (χ2n) is 4.66. The molecule has 22 heavy (non-hydrogen) atoms. The highest BCUT2D eigenvalue weighted by atomic mass is 35.5. The Kier molecular flexibility index (Phi) is 3.85. The molecule has 0 atom stereocenters. The lowest BCUT2D eigenvalue weighted by Crippen LogP contribution is -2.25. The van der Waals surface area contributed by atoms with Gasteiger partial charge < -0.3 is 5.32 Å². The van der Waals surface area contributed by atoms with Gasteiger partial charge in [0.2, 0.25) is 11.2 Å². The minimum atomic E-state index is 0.0305. The largest absolute Gasteiger partial charge is 0.336 e. The number of aromatic nitrogens is 3. The van der Waals surface area contributed by atoms with E-state index in [1.54, 1.807) is 23.2 Å². The number of carbonyl (C=O) groups excluding carboxylic acids is 1. The number of halogens is 1. The van der Waals surface area contributed by atoms with Gasteiger partial charge in [0.1, 0.15) is 11.6 Å². The second-order valence-corrected chi connectivity index (χ2v) is 5.00. The van der Waals surface area contributed by atoms with Crippen molar-refractivity contribution in [2.75, 3.05) is 16.8 Å². The summed E-state index contributed by atoms with van der Waals surface area (Å²) in [6, 6.07) is 5.50. The van der Waals surface area contributed by atoms with E-state index in [1.165, 1.54) is 6.20 Å². The zero-order valence-electron chi connectivity index (χ0n) is 11.5. The molecule has 1 saturated heterocycles. The SMILES string of the molecule is N#Cc1cnc(Cl)nc1Nc1cccnc1N1CCCC1=O. The predicted octanol–water partition coefficient (Wildman–Crippen LogP) is 2.27. The normalized spacial score (nSPS) is 14.0. The van der Waals surface area contributed by atoms with E-state index in [0.717, 1.165) is 6.42 Å². The van der Waals surface area contributed by atoms with E-state index in [4.69, 9.17) is 16.9 Å². The standard InChI is InChI=1S/C14H11ClN6O/c15-14-18-8-9(7-16)12(20-14)19-10-3-1-5-17-13(10)21-6-2-4-11(21)22/h1,3,5,8H,2,4,6H2,(H,18,19,20). The molecule has 0 bridgehead atoms. The second kappa shape index (κ2) is 5.95. The number of nitrogens with zero attached hydrogens (tertiary/aromatic N) is 5. The van der Waals surface area contributed by atoms with Crippen molar-refractivity contribution >= 4 is 34.8 Å². The number of anilines is 3. The van der Waals surface area contributed by atoms with Crippen LogP contribution in [-0.4, -0.2) is 27.4 Å². The molecular weight excluding hydrogens is 304 g/mol. The molecule has 0 radical (unpaired) electrons. The van der Waals surface area contributed by atoms with Crippen molar-refractivity contribution in [3.05, 3.63) is 35.4 Å². The summed E-state index contributed by atoms with van der Waals surface area (Å²) in [6.07, 6.45) is 4.27. The van der Waals surface area contributed by atoms with Crippen LogP contribution in [0.4, 0.5) is 17.3 Å². The molecular formula is C14H11ClN6O. The summed E-state index contributed by atoms with van der Waals surface area (Å²) in [5.41, 5.74) is 0.843. The summed E-state index contributed by atoms with van der Waals surface area (Å²) >= 11 is 5.78. The van der Waals surface area contributed by atoms with Crippen LogP contribution in [0.15, 0.2) is 24.5 Å². The van der Waals surface area contributed by atoms with Crippen LogP contribution in [0.3, 0.4) is 0 Å². The van der Waals surface area contributed by atoms with Crippen LogP contribution < -0.4 is 10.2 Å². The van der Waals surface area contributed by atoms with Gasteiger partial charge in [-0.2, -0.15) is 10.2 Å². The van der Waals surface area contributed by atoms with Crippen LogP contribution in [0.1, 0.15) is 18.4 Å². The lowest BCUT2D eigenvalue weighted by molar-refractivity contribution is -0.117. The number of hydrogen-bond donors (Lipinski definition) is 1. The number of rotatable bonds is 3. The first-order valence-corrected chi connectivity index (χ1v) is 7.02. The summed E-state index contributed by atoms with van der Waals surface area (Å²) in [6.45, 7) is 0.625. The van der Waals surface area contributed by atoms with Gasteiger partial charge in [-0.15, -0.1) is 0 Å². The molecule has 1 N–H and O–H groups in total. The maximum atomic E-state index is 11.9. The zero-order valence-corrected chi connectivity index (χ0v) is 12.2. The fourth-order valence-electron chi connectivity index (χ4n) is 2.25. The third kappa shape index (κ3) is 2.69. The highest BCUT2D eigenvalue weighted by molar-refractivity contribution is 6.28. The summed E-state index contributed by atoms with van der Waals surface area (Å²) in [5.74, 6) is 0.829. The van der Waals surface area contributed by atoms with Crippen LogP contribution in [-0.2, 0) is 4.79 Å². The van der Waals surface area contributed by atoms with Gasteiger partial charge in [-0.25, -0.2) is 9.97 Å². The van der Waals surface area contributed by atoms with Crippen molar-refractivity contribution in [3.8, 4) is 6.07 Å². The molecule has 3 heterocycles. The van der Waals surface area contributed by atoms with E-state index in [-0.39, 0.29) is 22.6 Å². The Hall–Kier alpha value is -2.72. The highest BCUT2D eigenvalue weighted by Gasteiger charge is 2.25. The highest BCUT2D eigenvalue weighted by Crippen LogP contribution is 2.29. The molecule has 0 saturated carbocycles. The minimum Gasteiger partial charge on any atom is -0.336 e. The average molecular weight is 315 g/mol. The number of nitrogens with one attached hydrogen (secondary N) is 1. The van der Waals surface area contributed by atoms with Crippen LogP contribution in [0.2, 0.25) is 5.28 Å². The van der Waals surface area contributed by atoms with Crippen molar-refractivity contribution in [2.45, 2.75) is 12.8 Å². The van der Waals surface area contributed by atoms with E-state index in [9.17, 15) is 4.79 Å². The van der Waals surface area contributed by atoms with E-state index < -0.39 is 0 Å². The molecule has 7 nitrogen and oxygen atoms in total. The van der Waals surface area contributed by atoms with Gasteiger partial charge in [-0.1, -0.05) is 0 Å². The van der Waals surface area contributed by atoms with Gasteiger partial charge in [0, 0.05) is 19.2 Å². The predicted molar refractivity (Wildman–Crippen MR) is 80.9 cm³/mol. The minimum absolute atomic E-state index is 0.0305. The van der Waals surface area contributed by atoms with Gasteiger partial charge >= 0.3 is 0 Å². The number of hydrogen-bond acceptors (Lipinski definition) is 6. The maximum absolute atomic E-state index is 11.9. The first kappa shape index (κ1) is 14.2. The van der Waals surface area contributed by atoms with Gasteiger partial charge in [0.25, 0.3) is 0 Å². The first-order valence-electron chi connectivity index (χ1n) is 6.64. The van der Waals surface area contributed by atoms with Crippen molar-refractivity contribution in [1.82, 2.24) is 15.0 Å². The molecule has 0 unspecified atom stereocenters. The lowest BCUT2D eigenvalue weighted by atomic mass is 10.3. The number of amides is 1. The van der Waals surface area contributed by atoms with Crippen LogP contribution in [0, 0.1) is 11.3 Å². The van der Waals surface area contributed by atoms with Gasteiger partial charge in [0.05, 0.1) is 11.9 Å². The van der Waals surface area contributed by atoms with E-state index >= 15 is 0 Å². The molecule has 0 aliphatic carbocycles. The summed E-state index contributed by atoms with van der Waals surface area (Å²) in [5, 5.41) is 12.2. The number of nitriles is 1. The van der Waals surface area contributed by atoms with E-state index in [0.29, 0.717) is 24.5 Å². The fourth-order valence-corrected chi connectivity index (χ4v) is 2.38. The van der Waals surface area contributed by atoms with Crippen LogP contribution >= 0.6 is 11.6 Å². The van der Waals surface area contributed by atoms with Crippen LogP contribution in [0.25, 0.3) is 0 Å². The number of carbonyl (C=O) groups is 1. The first-order chi connectivity index (χ1) is 10.7. The quantitative estimate of drug-likeness (QED) is 0.873. The van der Waals surface area contributed by atoms with Crippen molar-refractivity contribution in [3.63, 3.8) is 0 Å². The monoisotopic (exact) mass is 314 g/mol. The fraction of sp³-hybridized carbons (Fsp3) is 0.214. The molecule has 0 spiro atoms. The Morgan fingerprint density at radius 3 is 3.00 bits per heavy atom. The van der Waals surface area contributed by atoms with Crippen LogP contribution in [0.5, 0.6) is 0 Å². The molecule has 8 heteroatoms. The van der Waals surface area contributed by atoms with Gasteiger partial charge in [-0.05, 0) is 30.2 Å². The van der Waals surface area contributed by atoms with E-state index in [2.05, 4.69) is 20.3 Å². The molecule has 2 aromatic heterocycles. The molecule has 1 aliphatic rings. The molecule has 2 aromatic rings. The Labute approximate surface area is 131 Å².